The van der Waals surface area contributed by atoms with Gasteiger partial charge in [0.05, 0.1) is 0 Å². The van der Waals surface area contributed by atoms with Gasteiger partial charge in [0, 0.05) is 17.5 Å². The van der Waals surface area contributed by atoms with Crippen LogP contribution in [0, 0.1) is 6.92 Å². The van der Waals surface area contributed by atoms with E-state index in [0.29, 0.717) is 5.82 Å². The Morgan fingerprint density at radius 1 is 1.18 bits per heavy atom. The van der Waals surface area contributed by atoms with E-state index in [1.54, 1.807) is 0 Å². The van der Waals surface area contributed by atoms with Crippen molar-refractivity contribution in [2.45, 2.75) is 46.5 Å². The van der Waals surface area contributed by atoms with Gasteiger partial charge in [0.1, 0.15) is 17.5 Å². The van der Waals surface area contributed by atoms with Crippen LogP contribution in [-0.4, -0.2) is 16.5 Å². The smallest absolute Gasteiger partial charge is 0.148 e. The average molecular weight is 237 g/mol. The van der Waals surface area contributed by atoms with Crippen LogP contribution in [0.25, 0.3) is 0 Å². The Morgan fingerprint density at radius 3 is 2.24 bits per heavy atom. The first-order valence-electron chi connectivity index (χ1n) is 5.99. The number of nitrogens with zero attached hydrogens (tertiary/aromatic N) is 2. The summed E-state index contributed by atoms with van der Waals surface area (Å²) < 4.78 is 0. The van der Waals surface area contributed by atoms with E-state index in [9.17, 15) is 0 Å². The molecule has 4 N–H and O–H groups in total. The van der Waals surface area contributed by atoms with Crippen LogP contribution in [0.3, 0.4) is 0 Å². The number of nitrogens with one attached hydrogen (secondary N) is 2. The quantitative estimate of drug-likeness (QED) is 0.553. The Kier molecular flexibility index (Phi) is 4.28. The second-order valence-electron chi connectivity index (χ2n) is 5.19. The third-order valence-electron chi connectivity index (χ3n) is 2.50. The van der Waals surface area contributed by atoms with Crippen molar-refractivity contribution >= 4 is 11.6 Å². The Balaban J connectivity index is 3.19. The van der Waals surface area contributed by atoms with Crippen molar-refractivity contribution in [3.63, 3.8) is 0 Å². The van der Waals surface area contributed by atoms with Gasteiger partial charge in [-0.1, -0.05) is 27.7 Å². The van der Waals surface area contributed by atoms with Gasteiger partial charge in [-0.05, 0) is 13.3 Å². The molecule has 17 heavy (non-hydrogen) atoms. The second kappa shape index (κ2) is 5.31. The van der Waals surface area contributed by atoms with Crippen LogP contribution in [0.15, 0.2) is 0 Å². The largest absolute Gasteiger partial charge is 0.370 e. The third-order valence-corrected chi connectivity index (χ3v) is 2.50. The summed E-state index contributed by atoms with van der Waals surface area (Å²) in [5, 5.41) is 3.30. The molecule has 1 rings (SSSR count). The lowest BCUT2D eigenvalue weighted by atomic mass is 9.95. The lowest BCUT2D eigenvalue weighted by Crippen LogP contribution is -2.21. The fraction of sp³-hybridized carbons (Fsp3) is 0.667. The highest BCUT2D eigenvalue weighted by Crippen LogP contribution is 2.25. The van der Waals surface area contributed by atoms with Crippen molar-refractivity contribution in [1.29, 1.82) is 0 Å². The van der Waals surface area contributed by atoms with Crippen molar-refractivity contribution in [3.05, 3.63) is 11.4 Å². The van der Waals surface area contributed by atoms with E-state index in [1.165, 1.54) is 0 Å². The van der Waals surface area contributed by atoms with Gasteiger partial charge >= 0.3 is 0 Å². The summed E-state index contributed by atoms with van der Waals surface area (Å²) in [6, 6.07) is 0. The molecule has 0 fully saturated rings. The van der Waals surface area contributed by atoms with E-state index < -0.39 is 0 Å². The molecule has 1 aromatic rings. The lowest BCUT2D eigenvalue weighted by molar-refractivity contribution is 0.546. The molecule has 5 heteroatoms. The van der Waals surface area contributed by atoms with Crippen LogP contribution in [0.4, 0.5) is 11.6 Å². The molecule has 0 radical (unpaired) electrons. The average Bonchev–Trinajstić information content (AvgIpc) is 2.26. The van der Waals surface area contributed by atoms with Gasteiger partial charge in [-0.3, -0.25) is 0 Å². The van der Waals surface area contributed by atoms with Gasteiger partial charge < -0.3 is 10.7 Å². The molecule has 0 aromatic carbocycles. The van der Waals surface area contributed by atoms with Gasteiger partial charge in [-0.15, -0.1) is 0 Å². The van der Waals surface area contributed by atoms with Crippen molar-refractivity contribution in [2.24, 2.45) is 5.84 Å². The van der Waals surface area contributed by atoms with Crippen molar-refractivity contribution in [2.75, 3.05) is 17.3 Å². The Hall–Kier alpha value is -1.36. The summed E-state index contributed by atoms with van der Waals surface area (Å²) in [6.07, 6.45) is 1.06. The fourth-order valence-electron chi connectivity index (χ4n) is 1.41. The van der Waals surface area contributed by atoms with Gasteiger partial charge in [0.2, 0.25) is 0 Å². The lowest BCUT2D eigenvalue weighted by Gasteiger charge is -2.20. The molecule has 0 saturated carbocycles. The van der Waals surface area contributed by atoms with Crippen molar-refractivity contribution < 1.29 is 0 Å². The minimum Gasteiger partial charge on any atom is -0.370 e. The number of nitrogens with two attached hydrogens (primary N) is 1. The number of hydrazine groups is 1. The number of rotatable bonds is 4. The standard InChI is InChI=1S/C12H23N5/c1-6-7-14-9-8(2)10(17-13)16-11(15-9)12(3,4)5/h6-7,13H2,1-5H3,(H2,14,15,16,17). The number of hydrogen-bond donors (Lipinski definition) is 3. The molecular weight excluding hydrogens is 214 g/mol. The highest BCUT2D eigenvalue weighted by atomic mass is 15.3. The van der Waals surface area contributed by atoms with Gasteiger partial charge in [0.25, 0.3) is 0 Å². The first kappa shape index (κ1) is 13.7. The molecule has 0 unspecified atom stereocenters. The molecule has 0 aliphatic carbocycles. The zero-order valence-electron chi connectivity index (χ0n) is 11.4. The zero-order valence-corrected chi connectivity index (χ0v) is 11.4. The SMILES string of the molecule is CCCNc1nc(C(C)(C)C)nc(NN)c1C. The summed E-state index contributed by atoms with van der Waals surface area (Å²) in [7, 11) is 0. The fourth-order valence-corrected chi connectivity index (χ4v) is 1.41. The number of anilines is 2. The Morgan fingerprint density at radius 2 is 1.76 bits per heavy atom. The second-order valence-corrected chi connectivity index (χ2v) is 5.19. The molecule has 0 atom stereocenters. The highest BCUT2D eigenvalue weighted by Gasteiger charge is 2.20. The maximum atomic E-state index is 5.49. The van der Waals surface area contributed by atoms with Gasteiger partial charge in [-0.25, -0.2) is 15.8 Å². The summed E-state index contributed by atoms with van der Waals surface area (Å²) in [6.45, 7) is 11.2. The number of hydrogen-bond acceptors (Lipinski definition) is 5. The predicted octanol–water partition coefficient (Wildman–Crippen LogP) is 2.19. The van der Waals surface area contributed by atoms with Gasteiger partial charge in [0.15, 0.2) is 0 Å². The third kappa shape index (κ3) is 3.30. The molecule has 0 amide bonds. The molecule has 0 saturated heterocycles. The number of aromatic nitrogens is 2. The van der Waals surface area contributed by atoms with Crippen LogP contribution in [0.1, 0.15) is 45.5 Å². The molecule has 1 heterocycles. The maximum absolute atomic E-state index is 5.49. The molecular formula is C12H23N5. The van der Waals surface area contributed by atoms with Crippen LogP contribution in [-0.2, 0) is 5.41 Å². The summed E-state index contributed by atoms with van der Waals surface area (Å²) in [5.74, 6) is 7.82. The van der Waals surface area contributed by atoms with Crippen molar-refractivity contribution in [3.8, 4) is 0 Å². The predicted molar refractivity (Wildman–Crippen MR) is 72.1 cm³/mol. The van der Waals surface area contributed by atoms with E-state index in [2.05, 4.69) is 48.4 Å². The molecule has 0 aliphatic heterocycles. The van der Waals surface area contributed by atoms with E-state index in [0.717, 1.165) is 30.2 Å². The Labute approximate surface area is 103 Å². The van der Waals surface area contributed by atoms with Crippen LogP contribution in [0.5, 0.6) is 0 Å². The highest BCUT2D eigenvalue weighted by molar-refractivity contribution is 5.57. The topological polar surface area (TPSA) is 75.9 Å². The normalized spacial score (nSPS) is 11.4. The monoisotopic (exact) mass is 237 g/mol. The molecule has 0 spiro atoms. The number of nitrogen functional groups attached to an aromatic ring is 1. The van der Waals surface area contributed by atoms with Crippen LogP contribution < -0.4 is 16.6 Å². The van der Waals surface area contributed by atoms with E-state index in [4.69, 9.17) is 5.84 Å². The molecule has 1 aromatic heterocycles. The first-order valence-corrected chi connectivity index (χ1v) is 5.99. The maximum Gasteiger partial charge on any atom is 0.148 e. The summed E-state index contributed by atoms with van der Waals surface area (Å²) >= 11 is 0. The summed E-state index contributed by atoms with van der Waals surface area (Å²) in [5.41, 5.74) is 3.49. The molecule has 5 nitrogen and oxygen atoms in total. The van der Waals surface area contributed by atoms with Gasteiger partial charge in [-0.2, -0.15) is 0 Å². The van der Waals surface area contributed by atoms with Crippen LogP contribution in [0.2, 0.25) is 0 Å². The van der Waals surface area contributed by atoms with E-state index >= 15 is 0 Å². The van der Waals surface area contributed by atoms with E-state index in [1.807, 2.05) is 6.92 Å². The summed E-state index contributed by atoms with van der Waals surface area (Å²) in [4.78, 5) is 9.02. The molecule has 96 valence electrons. The Bertz CT molecular complexity index is 381. The van der Waals surface area contributed by atoms with Crippen LogP contribution >= 0.6 is 0 Å². The van der Waals surface area contributed by atoms with Crippen molar-refractivity contribution in [1.82, 2.24) is 9.97 Å². The van der Waals surface area contributed by atoms with E-state index in [-0.39, 0.29) is 5.41 Å². The zero-order chi connectivity index (χ0) is 13.1. The minimum absolute atomic E-state index is 0.0953. The first-order chi connectivity index (χ1) is 7.90. The molecule has 0 bridgehead atoms. The molecule has 0 aliphatic rings. The minimum atomic E-state index is -0.0953.